The Labute approximate surface area is 279 Å². The molecule has 0 bridgehead atoms. The molecule has 2 aliphatic rings. The highest BCUT2D eigenvalue weighted by Gasteiger charge is 2.19. The maximum Gasteiger partial charge on any atom is 0.266 e. The zero-order chi connectivity index (χ0) is 31.3. The lowest BCUT2D eigenvalue weighted by Gasteiger charge is -2.32. The molecular weight excluding hydrogens is 619 g/mol. The zero-order valence-electron chi connectivity index (χ0n) is 25.4. The van der Waals surface area contributed by atoms with Gasteiger partial charge in [-0.1, -0.05) is 84.2 Å². The van der Waals surface area contributed by atoms with Crippen molar-refractivity contribution >= 4 is 47.1 Å². The van der Waals surface area contributed by atoms with Gasteiger partial charge < -0.3 is 4.90 Å². The van der Waals surface area contributed by atoms with Gasteiger partial charge in [0.1, 0.15) is 0 Å². The minimum absolute atomic E-state index is 0.0223. The molecule has 0 aliphatic carbocycles. The van der Waals surface area contributed by atoms with Gasteiger partial charge in [-0.2, -0.15) is 11.8 Å². The van der Waals surface area contributed by atoms with Crippen LogP contribution in [0, 0.1) is 0 Å². The Morgan fingerprint density at radius 1 is 0.556 bits per heavy atom. The number of piperazine rings is 1. The minimum atomic E-state index is -0.0337. The topological polar surface area (TPSA) is 67.9 Å². The van der Waals surface area contributed by atoms with Gasteiger partial charge in [-0.3, -0.25) is 20.4 Å². The monoisotopic (exact) mass is 657 g/mol. The quantitative estimate of drug-likeness (QED) is 0.230. The third-order valence-corrected chi connectivity index (χ3v) is 10.3. The number of nitrogens with one attached hydrogen (secondary N) is 2. The molecule has 0 radical (unpaired) electrons. The second kappa shape index (κ2) is 17.4. The third-order valence-electron chi connectivity index (χ3n) is 7.24. The Balaban J connectivity index is 0.000000178. The molecule has 0 saturated carbocycles. The van der Waals surface area contributed by atoms with Crippen molar-refractivity contribution in [3.05, 3.63) is 120 Å². The number of hydrogen-bond acceptors (Lipinski definition) is 8. The molecule has 2 amide bonds. The fourth-order valence-electron chi connectivity index (χ4n) is 4.72. The predicted molar refractivity (Wildman–Crippen MR) is 187 cm³/mol. The van der Waals surface area contributed by atoms with Crippen molar-refractivity contribution < 1.29 is 9.59 Å². The summed E-state index contributed by atoms with van der Waals surface area (Å²) in [6.45, 7) is 5.47. The highest BCUT2D eigenvalue weighted by atomic mass is 32.2. The van der Waals surface area contributed by atoms with Gasteiger partial charge >= 0.3 is 0 Å². The van der Waals surface area contributed by atoms with E-state index in [0.717, 1.165) is 81.5 Å². The zero-order valence-corrected chi connectivity index (χ0v) is 27.9. The maximum absolute atomic E-state index is 12.6. The van der Waals surface area contributed by atoms with E-state index < -0.39 is 0 Å². The smallest absolute Gasteiger partial charge is 0.266 e. The number of likely N-dealkylation sites (N-methyl/N-ethyl adjacent to an activating group) is 1. The number of benzene rings is 4. The first kappa shape index (κ1) is 33.1. The van der Waals surface area contributed by atoms with Crippen molar-refractivity contribution in [2.24, 2.45) is 0 Å². The van der Waals surface area contributed by atoms with Gasteiger partial charge in [-0.05, 0) is 55.6 Å². The van der Waals surface area contributed by atoms with Gasteiger partial charge in [-0.25, -0.2) is 10.0 Å². The van der Waals surface area contributed by atoms with Crippen molar-refractivity contribution in [3.8, 4) is 0 Å². The van der Waals surface area contributed by atoms with Crippen LogP contribution in [0.25, 0.3) is 0 Å². The number of hydrazine groups is 2. The molecule has 2 aliphatic heterocycles. The number of thioether (sulfide) groups is 1. The van der Waals surface area contributed by atoms with Crippen LogP contribution in [0.2, 0.25) is 0 Å². The first-order valence-electron chi connectivity index (χ1n) is 15.1. The van der Waals surface area contributed by atoms with Crippen LogP contribution in [0.5, 0.6) is 0 Å². The van der Waals surface area contributed by atoms with Gasteiger partial charge in [0.15, 0.2) is 0 Å². The number of amides is 2. The highest BCUT2D eigenvalue weighted by molar-refractivity contribution is 7.99. The molecule has 234 valence electrons. The standard InChI is InChI=1S/C18H21N3OS.C17H18N2OS2/c1-20-11-13-21(14-12-20)19-18(22)16-9-5-6-10-17(16)23-15-7-3-2-4-8-15;20-17(18-19-10-12-21-13-11-19)15-8-4-5-9-16(15)22-14-6-2-1-3-7-14/h2-10H,11-14H2,1H3,(H,19,22);1-9H,10-13H2,(H,18,20). The molecule has 0 unspecified atom stereocenters. The first-order valence-corrected chi connectivity index (χ1v) is 17.9. The summed E-state index contributed by atoms with van der Waals surface area (Å²) in [4.78, 5) is 31.7. The van der Waals surface area contributed by atoms with E-state index in [1.807, 2.05) is 107 Å². The van der Waals surface area contributed by atoms with E-state index >= 15 is 0 Å². The molecule has 4 aromatic rings. The summed E-state index contributed by atoms with van der Waals surface area (Å²) in [7, 11) is 2.10. The lowest BCUT2D eigenvalue weighted by molar-refractivity contribution is 0.0659. The van der Waals surface area contributed by atoms with Crippen LogP contribution in [-0.4, -0.2) is 84.6 Å². The van der Waals surface area contributed by atoms with E-state index in [-0.39, 0.29) is 11.8 Å². The number of carbonyl (C=O) groups is 2. The van der Waals surface area contributed by atoms with Gasteiger partial charge in [0.05, 0.1) is 11.1 Å². The minimum Gasteiger partial charge on any atom is -0.304 e. The fourth-order valence-corrected chi connectivity index (χ4v) is 7.55. The Kier molecular flexibility index (Phi) is 12.8. The van der Waals surface area contributed by atoms with Crippen molar-refractivity contribution in [3.63, 3.8) is 0 Å². The Morgan fingerprint density at radius 3 is 1.42 bits per heavy atom. The maximum atomic E-state index is 12.6. The second-order valence-electron chi connectivity index (χ2n) is 10.6. The van der Waals surface area contributed by atoms with Crippen molar-refractivity contribution in [1.29, 1.82) is 0 Å². The summed E-state index contributed by atoms with van der Waals surface area (Å²) >= 11 is 5.17. The van der Waals surface area contributed by atoms with Crippen LogP contribution >= 0.6 is 35.3 Å². The van der Waals surface area contributed by atoms with Crippen LogP contribution < -0.4 is 10.9 Å². The Morgan fingerprint density at radius 2 is 0.956 bits per heavy atom. The van der Waals surface area contributed by atoms with Crippen LogP contribution in [0.4, 0.5) is 0 Å². The normalized spacial score (nSPS) is 15.8. The molecule has 0 aromatic heterocycles. The van der Waals surface area contributed by atoms with E-state index in [1.54, 1.807) is 23.5 Å². The molecule has 0 atom stereocenters. The van der Waals surface area contributed by atoms with Crippen LogP contribution in [-0.2, 0) is 0 Å². The first-order chi connectivity index (χ1) is 22.0. The van der Waals surface area contributed by atoms with E-state index in [9.17, 15) is 9.59 Å². The summed E-state index contributed by atoms with van der Waals surface area (Å²) in [5, 5.41) is 4.02. The lowest BCUT2D eigenvalue weighted by atomic mass is 10.2. The van der Waals surface area contributed by atoms with Gasteiger partial charge in [0.2, 0.25) is 0 Å². The molecule has 4 aromatic carbocycles. The largest absolute Gasteiger partial charge is 0.304 e. The van der Waals surface area contributed by atoms with Crippen molar-refractivity contribution in [2.45, 2.75) is 19.6 Å². The Hall–Kier alpha value is -3.25. The average Bonchev–Trinajstić information content (AvgIpc) is 3.08. The molecule has 2 saturated heterocycles. The molecule has 2 N–H and O–H groups in total. The molecule has 10 heteroatoms. The number of rotatable bonds is 8. The lowest BCUT2D eigenvalue weighted by Crippen LogP contribution is -2.52. The van der Waals surface area contributed by atoms with E-state index in [1.165, 1.54) is 0 Å². The third kappa shape index (κ3) is 10.4. The van der Waals surface area contributed by atoms with E-state index in [4.69, 9.17) is 0 Å². The average molecular weight is 658 g/mol. The summed E-state index contributed by atoms with van der Waals surface area (Å²) in [5.41, 5.74) is 7.52. The molecule has 7 nitrogen and oxygen atoms in total. The molecule has 0 spiro atoms. The second-order valence-corrected chi connectivity index (χ2v) is 14.0. The fraction of sp³-hybridized carbons (Fsp3) is 0.257. The number of nitrogens with zero attached hydrogens (tertiary/aromatic N) is 3. The highest BCUT2D eigenvalue weighted by Crippen LogP contribution is 2.31. The predicted octanol–water partition coefficient (Wildman–Crippen LogP) is 6.26. The molecule has 2 fully saturated rings. The van der Waals surface area contributed by atoms with Crippen LogP contribution in [0.3, 0.4) is 0 Å². The molecule has 2 heterocycles. The van der Waals surface area contributed by atoms with Crippen LogP contribution in [0.15, 0.2) is 129 Å². The van der Waals surface area contributed by atoms with Gasteiger partial charge in [0, 0.05) is 70.4 Å². The van der Waals surface area contributed by atoms with Gasteiger partial charge in [-0.15, -0.1) is 0 Å². The summed E-state index contributed by atoms with van der Waals surface area (Å²) < 4.78 is 0. The van der Waals surface area contributed by atoms with E-state index in [0.29, 0.717) is 0 Å². The van der Waals surface area contributed by atoms with Crippen molar-refractivity contribution in [2.75, 3.05) is 57.8 Å². The summed E-state index contributed by atoms with van der Waals surface area (Å²) in [6, 6.07) is 35.8. The van der Waals surface area contributed by atoms with E-state index in [2.05, 4.69) is 47.1 Å². The molecule has 6 rings (SSSR count). The van der Waals surface area contributed by atoms with Gasteiger partial charge in [0.25, 0.3) is 11.8 Å². The number of carbonyl (C=O) groups excluding carboxylic acids is 2. The summed E-state index contributed by atoms with van der Waals surface area (Å²) in [5.74, 6) is 2.08. The SMILES string of the molecule is CN1CCN(NC(=O)c2ccccc2Sc2ccccc2)CC1.O=C(NN1CCSCC1)c1ccccc1Sc1ccccc1. The van der Waals surface area contributed by atoms with Crippen molar-refractivity contribution in [1.82, 2.24) is 25.8 Å². The number of hydrogen-bond donors (Lipinski definition) is 2. The molecule has 45 heavy (non-hydrogen) atoms. The van der Waals surface area contributed by atoms with Crippen LogP contribution in [0.1, 0.15) is 20.7 Å². The molecular formula is C35H39N5O2S3. The summed E-state index contributed by atoms with van der Waals surface area (Å²) in [6.07, 6.45) is 0. The Bertz CT molecular complexity index is 1510.